The molecule has 0 saturated carbocycles. The normalized spacial score (nSPS) is 10.5. The van der Waals surface area contributed by atoms with Gasteiger partial charge in [0.1, 0.15) is 5.71 Å². The zero-order valence-electron chi connectivity index (χ0n) is 16.1. The zero-order chi connectivity index (χ0) is 19.8. The van der Waals surface area contributed by atoms with Gasteiger partial charge in [0.05, 0.1) is 27.5 Å². The monoisotopic (exact) mass is 374 g/mol. The summed E-state index contributed by atoms with van der Waals surface area (Å²) in [5.74, 6) is 1.68. The second-order valence-electron chi connectivity index (χ2n) is 5.88. The smallest absolute Gasteiger partial charge is 0.203 e. The van der Waals surface area contributed by atoms with Gasteiger partial charge in [-0.15, -0.1) is 5.10 Å². The molecule has 0 aliphatic carbocycles. The van der Waals surface area contributed by atoms with Gasteiger partial charge in [0.15, 0.2) is 11.5 Å². The molecule has 0 radical (unpaired) electrons. The maximum Gasteiger partial charge on any atom is 0.203 e. The lowest BCUT2D eigenvalue weighted by atomic mass is 10.0. The Kier molecular flexibility index (Phi) is 6.41. The molecular formula is C23H22N2O3. The van der Waals surface area contributed by atoms with Crippen molar-refractivity contribution in [2.45, 2.75) is 0 Å². The van der Waals surface area contributed by atoms with Crippen LogP contribution in [0.1, 0.15) is 16.7 Å². The van der Waals surface area contributed by atoms with Crippen molar-refractivity contribution in [1.29, 1.82) is 0 Å². The first-order valence-electron chi connectivity index (χ1n) is 8.78. The van der Waals surface area contributed by atoms with Crippen LogP contribution in [0, 0.1) is 0 Å². The Balaban J connectivity index is 1.98. The Bertz CT molecular complexity index is 901. The minimum atomic E-state index is 0.542. The Hall–Kier alpha value is -3.60. The first kappa shape index (κ1) is 19.2. The number of benzene rings is 3. The molecule has 0 bridgehead atoms. The average Bonchev–Trinajstić information content (AvgIpc) is 2.77. The van der Waals surface area contributed by atoms with Gasteiger partial charge in [0, 0.05) is 16.7 Å². The fraction of sp³-hybridized carbons (Fsp3) is 0.130. The van der Waals surface area contributed by atoms with Crippen LogP contribution in [0.4, 0.5) is 0 Å². The van der Waals surface area contributed by atoms with Crippen LogP contribution in [0.15, 0.2) is 83.0 Å². The van der Waals surface area contributed by atoms with Gasteiger partial charge in [0.2, 0.25) is 5.75 Å². The van der Waals surface area contributed by atoms with Crippen molar-refractivity contribution in [2.24, 2.45) is 10.2 Å². The standard InChI is InChI=1S/C23H22N2O3/c1-26-20-14-17(15-21(27-2)23(20)28-3)16-24-25-22(18-10-6-4-7-11-18)19-12-8-5-9-13-19/h4-16H,1-3H3/b24-16+. The van der Waals surface area contributed by atoms with E-state index in [-0.39, 0.29) is 0 Å². The summed E-state index contributed by atoms with van der Waals surface area (Å²) in [6.07, 6.45) is 1.66. The van der Waals surface area contributed by atoms with Crippen LogP contribution < -0.4 is 14.2 Å². The van der Waals surface area contributed by atoms with Crippen LogP contribution in [0.2, 0.25) is 0 Å². The summed E-state index contributed by atoms with van der Waals surface area (Å²) >= 11 is 0. The van der Waals surface area contributed by atoms with Gasteiger partial charge in [-0.05, 0) is 12.1 Å². The Morgan fingerprint density at radius 1 is 0.714 bits per heavy atom. The number of nitrogens with zero attached hydrogens (tertiary/aromatic N) is 2. The topological polar surface area (TPSA) is 52.4 Å². The van der Waals surface area contributed by atoms with Crippen molar-refractivity contribution in [2.75, 3.05) is 21.3 Å². The molecule has 3 rings (SSSR count). The summed E-state index contributed by atoms with van der Waals surface area (Å²) in [4.78, 5) is 0. The number of hydrogen-bond acceptors (Lipinski definition) is 5. The number of hydrogen-bond donors (Lipinski definition) is 0. The molecule has 0 saturated heterocycles. The van der Waals surface area contributed by atoms with E-state index >= 15 is 0 Å². The minimum absolute atomic E-state index is 0.542. The van der Waals surface area contributed by atoms with Gasteiger partial charge in [-0.1, -0.05) is 60.7 Å². The Labute approximate surface area is 164 Å². The number of ether oxygens (including phenoxy) is 3. The van der Waals surface area contributed by atoms with E-state index in [0.29, 0.717) is 17.2 Å². The van der Waals surface area contributed by atoms with Crippen LogP contribution >= 0.6 is 0 Å². The molecule has 3 aromatic rings. The highest BCUT2D eigenvalue weighted by atomic mass is 16.5. The zero-order valence-corrected chi connectivity index (χ0v) is 16.1. The maximum atomic E-state index is 5.38. The van der Waals surface area contributed by atoms with Crippen LogP contribution in [0.5, 0.6) is 17.2 Å². The van der Waals surface area contributed by atoms with Crippen molar-refractivity contribution in [1.82, 2.24) is 0 Å². The summed E-state index contributed by atoms with van der Waals surface area (Å²) in [6, 6.07) is 23.6. The lowest BCUT2D eigenvalue weighted by molar-refractivity contribution is 0.324. The molecule has 0 atom stereocenters. The molecule has 0 unspecified atom stereocenters. The van der Waals surface area contributed by atoms with Gasteiger partial charge >= 0.3 is 0 Å². The molecule has 3 aromatic carbocycles. The van der Waals surface area contributed by atoms with E-state index in [0.717, 1.165) is 22.4 Å². The molecule has 0 heterocycles. The third-order valence-corrected chi connectivity index (χ3v) is 4.15. The third-order valence-electron chi connectivity index (χ3n) is 4.15. The van der Waals surface area contributed by atoms with E-state index in [1.807, 2.05) is 72.8 Å². The number of methoxy groups -OCH3 is 3. The van der Waals surface area contributed by atoms with Crippen molar-refractivity contribution < 1.29 is 14.2 Å². The fourth-order valence-corrected chi connectivity index (χ4v) is 2.80. The van der Waals surface area contributed by atoms with Gasteiger partial charge < -0.3 is 14.2 Å². The number of rotatable bonds is 7. The maximum absolute atomic E-state index is 5.38. The van der Waals surface area contributed by atoms with E-state index in [9.17, 15) is 0 Å². The van der Waals surface area contributed by atoms with E-state index in [1.54, 1.807) is 27.5 Å². The molecule has 0 amide bonds. The lowest BCUT2D eigenvalue weighted by Gasteiger charge is -2.12. The molecule has 0 aliphatic rings. The minimum Gasteiger partial charge on any atom is -0.493 e. The van der Waals surface area contributed by atoms with Crippen LogP contribution in [0.3, 0.4) is 0 Å². The van der Waals surface area contributed by atoms with E-state index in [4.69, 9.17) is 14.2 Å². The highest BCUT2D eigenvalue weighted by molar-refractivity contribution is 6.12. The summed E-state index contributed by atoms with van der Waals surface area (Å²) in [7, 11) is 4.74. The first-order valence-corrected chi connectivity index (χ1v) is 8.78. The van der Waals surface area contributed by atoms with E-state index in [1.165, 1.54) is 0 Å². The predicted octanol–water partition coefficient (Wildman–Crippen LogP) is 4.58. The summed E-state index contributed by atoms with van der Waals surface area (Å²) in [5.41, 5.74) is 3.58. The van der Waals surface area contributed by atoms with Crippen LogP contribution in [-0.4, -0.2) is 33.3 Å². The molecule has 5 heteroatoms. The van der Waals surface area contributed by atoms with Crippen LogP contribution in [-0.2, 0) is 0 Å². The highest BCUT2D eigenvalue weighted by Crippen LogP contribution is 2.37. The molecule has 0 N–H and O–H groups in total. The first-order chi connectivity index (χ1) is 13.8. The summed E-state index contributed by atoms with van der Waals surface area (Å²) < 4.78 is 16.1. The Morgan fingerprint density at radius 2 is 1.21 bits per heavy atom. The third kappa shape index (κ3) is 4.38. The van der Waals surface area contributed by atoms with E-state index < -0.39 is 0 Å². The predicted molar refractivity (Wildman–Crippen MR) is 112 cm³/mol. The Morgan fingerprint density at radius 3 is 1.64 bits per heavy atom. The quantitative estimate of drug-likeness (QED) is 0.449. The van der Waals surface area contributed by atoms with Gasteiger partial charge in [-0.3, -0.25) is 0 Å². The van der Waals surface area contributed by atoms with E-state index in [2.05, 4.69) is 10.2 Å². The fourth-order valence-electron chi connectivity index (χ4n) is 2.80. The summed E-state index contributed by atoms with van der Waals surface area (Å²) in [6.45, 7) is 0. The van der Waals surface area contributed by atoms with Crippen molar-refractivity contribution >= 4 is 11.9 Å². The lowest BCUT2D eigenvalue weighted by Crippen LogP contribution is -2.02. The van der Waals surface area contributed by atoms with Gasteiger partial charge in [-0.2, -0.15) is 5.10 Å². The highest BCUT2D eigenvalue weighted by Gasteiger charge is 2.12. The second kappa shape index (κ2) is 9.37. The van der Waals surface area contributed by atoms with Gasteiger partial charge in [0.25, 0.3) is 0 Å². The average molecular weight is 374 g/mol. The van der Waals surface area contributed by atoms with Crippen molar-refractivity contribution in [3.8, 4) is 17.2 Å². The van der Waals surface area contributed by atoms with Gasteiger partial charge in [-0.25, -0.2) is 0 Å². The summed E-state index contributed by atoms with van der Waals surface area (Å²) in [5, 5.41) is 8.80. The van der Waals surface area contributed by atoms with Crippen molar-refractivity contribution in [3.63, 3.8) is 0 Å². The second-order valence-corrected chi connectivity index (χ2v) is 5.88. The van der Waals surface area contributed by atoms with Crippen LogP contribution in [0.25, 0.3) is 0 Å². The molecule has 0 fully saturated rings. The molecule has 5 nitrogen and oxygen atoms in total. The SMILES string of the molecule is COc1cc(/C=N/N=C(c2ccccc2)c2ccccc2)cc(OC)c1OC. The molecule has 0 spiro atoms. The molecule has 0 aliphatic heterocycles. The largest absolute Gasteiger partial charge is 0.493 e. The molecule has 142 valence electrons. The molecule has 28 heavy (non-hydrogen) atoms. The molecular weight excluding hydrogens is 352 g/mol. The van der Waals surface area contributed by atoms with Crippen molar-refractivity contribution in [3.05, 3.63) is 89.5 Å². The molecule has 0 aromatic heterocycles.